The summed E-state index contributed by atoms with van der Waals surface area (Å²) in [5.41, 5.74) is 0.990. The molecule has 3 rings (SSSR count). The molecule has 1 atom stereocenters. The fourth-order valence-corrected chi connectivity index (χ4v) is 3.49. The van der Waals surface area contributed by atoms with Crippen molar-refractivity contribution in [3.8, 4) is 0 Å². The number of rotatable bonds is 3. The Morgan fingerprint density at radius 2 is 2.00 bits per heavy atom. The van der Waals surface area contributed by atoms with Crippen molar-refractivity contribution in [3.63, 3.8) is 0 Å². The molecule has 114 valence electrons. The van der Waals surface area contributed by atoms with Gasteiger partial charge in [-0.05, 0) is 49.9 Å². The molecule has 4 heteroatoms. The zero-order valence-electron chi connectivity index (χ0n) is 12.4. The third-order valence-electron chi connectivity index (χ3n) is 4.57. The first kappa shape index (κ1) is 14.5. The van der Waals surface area contributed by atoms with Crippen LogP contribution in [-0.4, -0.2) is 41.9 Å². The lowest BCUT2D eigenvalue weighted by molar-refractivity contribution is -0.136. The molecule has 21 heavy (non-hydrogen) atoms. The third-order valence-corrected chi connectivity index (χ3v) is 4.57. The maximum absolute atomic E-state index is 13.3. The number of hydrogen-bond acceptors (Lipinski definition) is 2. The standard InChI is InChI=1S/C17H23FN2O/c18-16-7-3-5-14(11-16)12-19-8-4-6-15(13-19)17(21)20-9-1-2-10-20/h3,5,7,11,15H,1-2,4,6,8-10,12-13H2. The average Bonchev–Trinajstić information content (AvgIpc) is 3.01. The fourth-order valence-electron chi connectivity index (χ4n) is 3.49. The zero-order valence-corrected chi connectivity index (χ0v) is 12.4. The molecule has 2 aliphatic rings. The molecule has 0 N–H and O–H groups in total. The van der Waals surface area contributed by atoms with Crippen LogP contribution in [0.2, 0.25) is 0 Å². The van der Waals surface area contributed by atoms with E-state index in [1.165, 1.54) is 6.07 Å². The second-order valence-corrected chi connectivity index (χ2v) is 6.24. The highest BCUT2D eigenvalue weighted by Crippen LogP contribution is 2.22. The molecule has 0 saturated carbocycles. The van der Waals surface area contributed by atoms with Crippen LogP contribution in [0.3, 0.4) is 0 Å². The Morgan fingerprint density at radius 3 is 2.76 bits per heavy atom. The summed E-state index contributed by atoms with van der Waals surface area (Å²) in [7, 11) is 0. The van der Waals surface area contributed by atoms with Gasteiger partial charge >= 0.3 is 0 Å². The van der Waals surface area contributed by atoms with E-state index in [0.717, 1.165) is 64.0 Å². The molecule has 0 aliphatic carbocycles. The van der Waals surface area contributed by atoms with Crippen molar-refractivity contribution in [1.29, 1.82) is 0 Å². The van der Waals surface area contributed by atoms with Crippen molar-refractivity contribution < 1.29 is 9.18 Å². The van der Waals surface area contributed by atoms with Crippen molar-refractivity contribution in [2.45, 2.75) is 32.2 Å². The highest BCUT2D eigenvalue weighted by Gasteiger charge is 2.30. The van der Waals surface area contributed by atoms with Crippen LogP contribution in [0.15, 0.2) is 24.3 Å². The minimum Gasteiger partial charge on any atom is -0.342 e. The Kier molecular flexibility index (Phi) is 4.54. The Balaban J connectivity index is 1.59. The van der Waals surface area contributed by atoms with Crippen LogP contribution in [0.1, 0.15) is 31.2 Å². The van der Waals surface area contributed by atoms with E-state index in [4.69, 9.17) is 0 Å². The van der Waals surface area contributed by atoms with Gasteiger partial charge in [-0.3, -0.25) is 9.69 Å². The van der Waals surface area contributed by atoms with Gasteiger partial charge in [-0.2, -0.15) is 0 Å². The normalized spacial score (nSPS) is 23.5. The third kappa shape index (κ3) is 3.62. The lowest BCUT2D eigenvalue weighted by Gasteiger charge is -2.34. The molecule has 2 heterocycles. The van der Waals surface area contributed by atoms with Gasteiger partial charge in [0.2, 0.25) is 5.91 Å². The Labute approximate surface area is 125 Å². The van der Waals surface area contributed by atoms with E-state index >= 15 is 0 Å². The van der Waals surface area contributed by atoms with Gasteiger partial charge in [0, 0.05) is 26.2 Å². The predicted molar refractivity (Wildman–Crippen MR) is 80.2 cm³/mol. The van der Waals surface area contributed by atoms with Crippen molar-refractivity contribution >= 4 is 5.91 Å². The SMILES string of the molecule is O=C(C1CCCN(Cc2cccc(F)c2)C1)N1CCCC1. The Hall–Kier alpha value is -1.42. The maximum Gasteiger partial charge on any atom is 0.226 e. The summed E-state index contributed by atoms with van der Waals surface area (Å²) in [6.07, 6.45) is 4.34. The number of piperidine rings is 1. The number of carbonyl (C=O) groups excluding carboxylic acids is 1. The number of amides is 1. The van der Waals surface area contributed by atoms with Gasteiger partial charge < -0.3 is 4.90 Å². The van der Waals surface area contributed by atoms with Gasteiger partial charge in [0.05, 0.1) is 5.92 Å². The van der Waals surface area contributed by atoms with Gasteiger partial charge in [-0.1, -0.05) is 12.1 Å². The second kappa shape index (κ2) is 6.56. The first-order valence-corrected chi connectivity index (χ1v) is 7.98. The highest BCUT2D eigenvalue weighted by molar-refractivity contribution is 5.79. The molecule has 1 aromatic carbocycles. The van der Waals surface area contributed by atoms with Gasteiger partial charge in [0.1, 0.15) is 5.82 Å². The predicted octanol–water partition coefficient (Wildman–Crippen LogP) is 2.66. The van der Waals surface area contributed by atoms with Crippen LogP contribution in [0.5, 0.6) is 0 Å². The van der Waals surface area contributed by atoms with E-state index in [9.17, 15) is 9.18 Å². The van der Waals surface area contributed by atoms with Crippen molar-refractivity contribution in [1.82, 2.24) is 9.80 Å². The van der Waals surface area contributed by atoms with E-state index in [1.807, 2.05) is 11.0 Å². The molecule has 2 aliphatic heterocycles. The molecule has 1 aromatic rings. The Morgan fingerprint density at radius 1 is 1.19 bits per heavy atom. The highest BCUT2D eigenvalue weighted by atomic mass is 19.1. The monoisotopic (exact) mass is 290 g/mol. The second-order valence-electron chi connectivity index (χ2n) is 6.24. The molecule has 1 unspecified atom stereocenters. The minimum atomic E-state index is -0.186. The first-order chi connectivity index (χ1) is 10.2. The number of halogens is 1. The summed E-state index contributed by atoms with van der Waals surface area (Å²) in [5, 5.41) is 0. The van der Waals surface area contributed by atoms with E-state index in [1.54, 1.807) is 12.1 Å². The van der Waals surface area contributed by atoms with Gasteiger partial charge in [-0.15, -0.1) is 0 Å². The van der Waals surface area contributed by atoms with E-state index in [2.05, 4.69) is 4.90 Å². The molecule has 0 aromatic heterocycles. The molecule has 0 bridgehead atoms. The molecule has 1 amide bonds. The van der Waals surface area contributed by atoms with Crippen molar-refractivity contribution in [2.24, 2.45) is 5.92 Å². The van der Waals surface area contributed by atoms with Gasteiger partial charge in [0.15, 0.2) is 0 Å². The summed E-state index contributed by atoms with van der Waals surface area (Å²) >= 11 is 0. The number of carbonyl (C=O) groups is 1. The topological polar surface area (TPSA) is 23.6 Å². The molecular formula is C17H23FN2O. The minimum absolute atomic E-state index is 0.130. The summed E-state index contributed by atoms with van der Waals surface area (Å²) in [5.74, 6) is 0.274. The molecule has 0 spiro atoms. The maximum atomic E-state index is 13.3. The van der Waals surface area contributed by atoms with Crippen molar-refractivity contribution in [3.05, 3.63) is 35.6 Å². The molecule has 2 fully saturated rings. The summed E-state index contributed by atoms with van der Waals surface area (Å²) < 4.78 is 13.3. The summed E-state index contributed by atoms with van der Waals surface area (Å²) in [6.45, 7) is 4.41. The van der Waals surface area contributed by atoms with Crippen LogP contribution in [0.25, 0.3) is 0 Å². The summed E-state index contributed by atoms with van der Waals surface area (Å²) in [4.78, 5) is 16.8. The summed E-state index contributed by atoms with van der Waals surface area (Å²) in [6, 6.07) is 6.77. The number of likely N-dealkylation sites (tertiary alicyclic amines) is 2. The Bertz CT molecular complexity index is 499. The number of benzene rings is 1. The lowest BCUT2D eigenvalue weighted by Crippen LogP contribution is -2.43. The van der Waals surface area contributed by atoms with E-state index < -0.39 is 0 Å². The number of nitrogens with zero attached hydrogens (tertiary/aromatic N) is 2. The van der Waals surface area contributed by atoms with E-state index in [-0.39, 0.29) is 11.7 Å². The average molecular weight is 290 g/mol. The van der Waals surface area contributed by atoms with Crippen LogP contribution in [-0.2, 0) is 11.3 Å². The van der Waals surface area contributed by atoms with E-state index in [0.29, 0.717) is 5.91 Å². The molecule has 0 radical (unpaired) electrons. The van der Waals surface area contributed by atoms with Gasteiger partial charge in [-0.25, -0.2) is 4.39 Å². The van der Waals surface area contributed by atoms with Crippen LogP contribution < -0.4 is 0 Å². The molecule has 2 saturated heterocycles. The largest absolute Gasteiger partial charge is 0.342 e. The first-order valence-electron chi connectivity index (χ1n) is 7.98. The number of hydrogen-bond donors (Lipinski definition) is 0. The van der Waals surface area contributed by atoms with Crippen LogP contribution >= 0.6 is 0 Å². The van der Waals surface area contributed by atoms with Crippen LogP contribution in [0.4, 0.5) is 4.39 Å². The molecular weight excluding hydrogens is 267 g/mol. The fraction of sp³-hybridized carbons (Fsp3) is 0.588. The lowest BCUT2D eigenvalue weighted by atomic mass is 9.96. The van der Waals surface area contributed by atoms with Crippen LogP contribution in [0, 0.1) is 11.7 Å². The quantitative estimate of drug-likeness (QED) is 0.854. The molecule has 3 nitrogen and oxygen atoms in total. The van der Waals surface area contributed by atoms with Crippen molar-refractivity contribution in [2.75, 3.05) is 26.2 Å². The van der Waals surface area contributed by atoms with Gasteiger partial charge in [0.25, 0.3) is 0 Å². The smallest absolute Gasteiger partial charge is 0.226 e. The zero-order chi connectivity index (χ0) is 14.7.